The van der Waals surface area contributed by atoms with Crippen molar-refractivity contribution < 1.29 is 4.74 Å². The summed E-state index contributed by atoms with van der Waals surface area (Å²) in [6.45, 7) is 9.82. The molecule has 0 spiro atoms. The summed E-state index contributed by atoms with van der Waals surface area (Å²) in [5.74, 6) is 0.849. The monoisotopic (exact) mass is 334 g/mol. The standard InChI is InChI=1S/C22H26N2O/c1-6-24-20-13-21(25-5)17(15-23-18-10-8-7-9-11-18)12-19(20)16(2)14-22(24,3)4/h7-15H,6H2,1-5H3. The third-order valence-electron chi connectivity index (χ3n) is 4.75. The number of methoxy groups -OCH3 is 1. The number of fused-ring (bicyclic) bond motifs is 1. The first-order valence-corrected chi connectivity index (χ1v) is 8.75. The number of para-hydroxylation sites is 1. The van der Waals surface area contributed by atoms with E-state index < -0.39 is 0 Å². The smallest absolute Gasteiger partial charge is 0.129 e. The van der Waals surface area contributed by atoms with Gasteiger partial charge in [0.2, 0.25) is 0 Å². The van der Waals surface area contributed by atoms with E-state index in [0.717, 1.165) is 23.5 Å². The molecular weight excluding hydrogens is 308 g/mol. The first-order chi connectivity index (χ1) is 12.0. The van der Waals surface area contributed by atoms with Crippen LogP contribution in [0.2, 0.25) is 0 Å². The number of rotatable bonds is 4. The second-order valence-corrected chi connectivity index (χ2v) is 6.93. The van der Waals surface area contributed by atoms with Crippen LogP contribution < -0.4 is 9.64 Å². The molecule has 0 amide bonds. The van der Waals surface area contributed by atoms with Crippen LogP contribution in [-0.4, -0.2) is 25.4 Å². The Morgan fingerprint density at radius 1 is 1.16 bits per heavy atom. The van der Waals surface area contributed by atoms with Gasteiger partial charge in [0.25, 0.3) is 0 Å². The maximum atomic E-state index is 5.66. The molecule has 2 aromatic rings. The highest BCUT2D eigenvalue weighted by Gasteiger charge is 2.31. The van der Waals surface area contributed by atoms with E-state index in [9.17, 15) is 0 Å². The van der Waals surface area contributed by atoms with Crippen molar-refractivity contribution in [3.8, 4) is 5.75 Å². The third kappa shape index (κ3) is 3.32. The number of likely N-dealkylation sites (N-methyl/N-ethyl adjacent to an activating group) is 1. The number of ether oxygens (including phenoxy) is 1. The van der Waals surface area contributed by atoms with Crippen molar-refractivity contribution in [1.29, 1.82) is 0 Å². The van der Waals surface area contributed by atoms with Gasteiger partial charge in [0, 0.05) is 35.6 Å². The minimum Gasteiger partial charge on any atom is -0.496 e. The molecule has 0 saturated carbocycles. The SMILES string of the molecule is CCN1c2cc(OC)c(C=Nc3ccccc3)cc2C(C)=CC1(C)C. The van der Waals surface area contributed by atoms with Gasteiger partial charge in [0.05, 0.1) is 18.3 Å². The molecule has 0 fully saturated rings. The van der Waals surface area contributed by atoms with Crippen molar-refractivity contribution in [2.24, 2.45) is 4.99 Å². The number of hydrogen-bond acceptors (Lipinski definition) is 3. The minimum atomic E-state index is -0.00348. The molecule has 0 bridgehead atoms. The van der Waals surface area contributed by atoms with Gasteiger partial charge in [-0.1, -0.05) is 24.3 Å². The Morgan fingerprint density at radius 3 is 2.52 bits per heavy atom. The normalized spacial score (nSPS) is 15.9. The predicted molar refractivity (Wildman–Crippen MR) is 107 cm³/mol. The molecule has 25 heavy (non-hydrogen) atoms. The fourth-order valence-electron chi connectivity index (χ4n) is 3.63. The summed E-state index contributed by atoms with van der Waals surface area (Å²) >= 11 is 0. The van der Waals surface area contributed by atoms with Crippen molar-refractivity contribution in [2.75, 3.05) is 18.6 Å². The van der Waals surface area contributed by atoms with Crippen LogP contribution in [0.3, 0.4) is 0 Å². The van der Waals surface area contributed by atoms with E-state index in [4.69, 9.17) is 4.74 Å². The largest absolute Gasteiger partial charge is 0.496 e. The molecule has 0 atom stereocenters. The van der Waals surface area contributed by atoms with Crippen LogP contribution in [0.5, 0.6) is 5.75 Å². The van der Waals surface area contributed by atoms with Gasteiger partial charge in [-0.15, -0.1) is 0 Å². The summed E-state index contributed by atoms with van der Waals surface area (Å²) in [6.07, 6.45) is 4.22. The van der Waals surface area contributed by atoms with Crippen LogP contribution in [0.25, 0.3) is 5.57 Å². The molecule has 0 saturated heterocycles. The summed E-state index contributed by atoms with van der Waals surface area (Å²) in [5, 5.41) is 0. The van der Waals surface area contributed by atoms with Crippen molar-refractivity contribution >= 4 is 23.2 Å². The van der Waals surface area contributed by atoms with Crippen LogP contribution in [0.15, 0.2) is 53.5 Å². The quantitative estimate of drug-likeness (QED) is 0.693. The Balaban J connectivity index is 2.08. The zero-order valence-corrected chi connectivity index (χ0v) is 15.7. The van der Waals surface area contributed by atoms with Crippen LogP contribution in [0, 0.1) is 0 Å². The van der Waals surface area contributed by atoms with E-state index in [0.29, 0.717) is 0 Å². The van der Waals surface area contributed by atoms with Crippen molar-refractivity contribution in [3.63, 3.8) is 0 Å². The molecule has 3 rings (SSSR count). The fourth-order valence-corrected chi connectivity index (χ4v) is 3.63. The summed E-state index contributed by atoms with van der Waals surface area (Å²) in [5.41, 5.74) is 5.69. The summed E-state index contributed by atoms with van der Waals surface area (Å²) < 4.78 is 5.66. The minimum absolute atomic E-state index is 0.00348. The molecule has 0 radical (unpaired) electrons. The lowest BCUT2D eigenvalue weighted by atomic mass is 9.88. The molecule has 1 aliphatic rings. The fraction of sp³-hybridized carbons (Fsp3) is 0.318. The van der Waals surface area contributed by atoms with Crippen molar-refractivity contribution in [3.05, 3.63) is 59.7 Å². The average Bonchev–Trinajstić information content (AvgIpc) is 2.60. The van der Waals surface area contributed by atoms with E-state index in [1.807, 2.05) is 36.5 Å². The number of nitrogens with zero attached hydrogens (tertiary/aromatic N) is 2. The maximum absolute atomic E-state index is 5.66. The number of allylic oxidation sites excluding steroid dienone is 1. The van der Waals surface area contributed by atoms with Gasteiger partial charge < -0.3 is 9.64 Å². The number of anilines is 1. The molecule has 3 heteroatoms. The zero-order chi connectivity index (χ0) is 18.0. The zero-order valence-electron chi connectivity index (χ0n) is 15.7. The highest BCUT2D eigenvalue weighted by atomic mass is 16.5. The highest BCUT2D eigenvalue weighted by molar-refractivity contribution is 5.92. The molecule has 3 nitrogen and oxygen atoms in total. The lowest BCUT2D eigenvalue weighted by Crippen LogP contribution is -2.44. The predicted octanol–water partition coefficient (Wildman–Crippen LogP) is 5.47. The number of benzene rings is 2. The van der Waals surface area contributed by atoms with E-state index in [1.165, 1.54) is 16.8 Å². The lowest BCUT2D eigenvalue weighted by molar-refractivity contribution is 0.413. The Bertz CT molecular complexity index is 819. The average molecular weight is 334 g/mol. The second-order valence-electron chi connectivity index (χ2n) is 6.93. The van der Waals surface area contributed by atoms with E-state index >= 15 is 0 Å². The first kappa shape index (κ1) is 17.3. The van der Waals surface area contributed by atoms with Crippen molar-refractivity contribution in [2.45, 2.75) is 33.2 Å². The lowest BCUT2D eigenvalue weighted by Gasteiger charge is -2.43. The third-order valence-corrected chi connectivity index (χ3v) is 4.75. The van der Waals surface area contributed by atoms with Gasteiger partial charge in [-0.25, -0.2) is 0 Å². The van der Waals surface area contributed by atoms with Crippen molar-refractivity contribution in [1.82, 2.24) is 0 Å². The van der Waals surface area contributed by atoms with Crippen LogP contribution in [0.4, 0.5) is 11.4 Å². The molecule has 130 valence electrons. The van der Waals surface area contributed by atoms with Gasteiger partial charge in [-0.3, -0.25) is 4.99 Å². The maximum Gasteiger partial charge on any atom is 0.129 e. The second kappa shape index (κ2) is 6.75. The molecule has 1 heterocycles. The Hall–Kier alpha value is -2.55. The Kier molecular flexibility index (Phi) is 4.67. The summed E-state index contributed by atoms with van der Waals surface area (Å²) in [7, 11) is 1.72. The summed E-state index contributed by atoms with van der Waals surface area (Å²) in [4.78, 5) is 7.00. The number of aliphatic imine (C=N–C) groups is 1. The molecular formula is C22H26N2O. The molecule has 0 aliphatic carbocycles. The van der Waals surface area contributed by atoms with Crippen LogP contribution in [0.1, 0.15) is 38.8 Å². The molecule has 0 aromatic heterocycles. The van der Waals surface area contributed by atoms with Gasteiger partial charge in [-0.05, 0) is 51.5 Å². The first-order valence-electron chi connectivity index (χ1n) is 8.75. The van der Waals surface area contributed by atoms with E-state index in [2.05, 4.69) is 55.8 Å². The Labute approximate surface area is 150 Å². The van der Waals surface area contributed by atoms with Crippen LogP contribution in [-0.2, 0) is 0 Å². The number of hydrogen-bond donors (Lipinski definition) is 0. The van der Waals surface area contributed by atoms with Gasteiger partial charge in [0.1, 0.15) is 5.75 Å². The molecule has 0 N–H and O–H groups in total. The van der Waals surface area contributed by atoms with Gasteiger partial charge >= 0.3 is 0 Å². The summed E-state index contributed by atoms with van der Waals surface area (Å²) in [6, 6.07) is 14.3. The highest BCUT2D eigenvalue weighted by Crippen LogP contribution is 2.41. The molecule has 1 aliphatic heterocycles. The van der Waals surface area contributed by atoms with E-state index in [1.54, 1.807) is 7.11 Å². The molecule has 0 unspecified atom stereocenters. The Morgan fingerprint density at radius 2 is 1.88 bits per heavy atom. The van der Waals surface area contributed by atoms with Gasteiger partial charge in [0.15, 0.2) is 0 Å². The van der Waals surface area contributed by atoms with Crippen LogP contribution >= 0.6 is 0 Å². The van der Waals surface area contributed by atoms with E-state index in [-0.39, 0.29) is 5.54 Å². The molecule has 2 aromatic carbocycles. The van der Waals surface area contributed by atoms with Gasteiger partial charge in [-0.2, -0.15) is 0 Å². The topological polar surface area (TPSA) is 24.8 Å².